The molecule has 0 aromatic carbocycles. The Morgan fingerprint density at radius 2 is 1.11 bits per heavy atom. The minimum atomic E-state index is -5.23. The third-order valence-corrected chi connectivity index (χ3v) is 5.45. The molecule has 6 N–H and O–H groups in total. The standard InChI is InChI=1S/C4H13O11P3/c1-3(5,17(8,9)10)14-16(7)15-4(2,6)18(11,12)13/h5-6,16H,1-2H3,(H2,8,9,10)(H2,11,12,13). The van der Waals surface area contributed by atoms with Crippen LogP contribution in [0.15, 0.2) is 0 Å². The van der Waals surface area contributed by atoms with Crippen molar-refractivity contribution in [2.75, 3.05) is 0 Å². The van der Waals surface area contributed by atoms with E-state index in [-0.39, 0.29) is 0 Å². The van der Waals surface area contributed by atoms with Crippen molar-refractivity contribution in [3.05, 3.63) is 0 Å². The molecular formula is C4H13O11P3. The van der Waals surface area contributed by atoms with Crippen LogP contribution in [-0.2, 0) is 22.7 Å². The maximum Gasteiger partial charge on any atom is 0.384 e. The second-order valence-corrected chi connectivity index (χ2v) is 8.15. The van der Waals surface area contributed by atoms with Crippen LogP contribution in [0.4, 0.5) is 0 Å². The zero-order chi connectivity index (χ0) is 15.0. The number of hydrogen-bond acceptors (Lipinski definition) is 7. The summed E-state index contributed by atoms with van der Waals surface area (Å²) in [4.78, 5) is 34.4. The van der Waals surface area contributed by atoms with Crippen molar-refractivity contribution in [1.82, 2.24) is 0 Å². The van der Waals surface area contributed by atoms with Gasteiger partial charge in [-0.1, -0.05) is 0 Å². The van der Waals surface area contributed by atoms with Gasteiger partial charge in [0.2, 0.25) is 0 Å². The largest absolute Gasteiger partial charge is 0.384 e. The van der Waals surface area contributed by atoms with Crippen LogP contribution >= 0.6 is 23.4 Å². The molecule has 0 aromatic rings. The van der Waals surface area contributed by atoms with Gasteiger partial charge in [-0.05, 0) is 0 Å². The second kappa shape index (κ2) is 5.40. The highest BCUT2D eigenvalue weighted by Crippen LogP contribution is 2.57. The van der Waals surface area contributed by atoms with Gasteiger partial charge in [-0.3, -0.25) is 22.7 Å². The SMILES string of the molecule is CC(O)(O[PH](=O)OC(C)(O)P(=O)(O)O)P(=O)(O)O. The summed E-state index contributed by atoms with van der Waals surface area (Å²) in [5.74, 6) is 0. The first-order valence-corrected chi connectivity index (χ1v) is 8.53. The fraction of sp³-hybridized carbons (Fsp3) is 1.00. The van der Waals surface area contributed by atoms with Crippen molar-refractivity contribution in [2.24, 2.45) is 0 Å². The Hall–Kier alpha value is 0.370. The molecule has 0 radical (unpaired) electrons. The minimum Gasteiger partial charge on any atom is -0.356 e. The molecule has 0 aromatic heterocycles. The van der Waals surface area contributed by atoms with Gasteiger partial charge in [-0.2, -0.15) is 0 Å². The third kappa shape index (κ3) is 4.80. The molecule has 0 aliphatic rings. The van der Waals surface area contributed by atoms with Gasteiger partial charge < -0.3 is 29.8 Å². The Labute approximate surface area is 102 Å². The van der Waals surface area contributed by atoms with Gasteiger partial charge in [0.05, 0.1) is 0 Å². The molecular weight excluding hydrogens is 317 g/mol. The van der Waals surface area contributed by atoms with E-state index >= 15 is 0 Å². The average molecular weight is 330 g/mol. The lowest BCUT2D eigenvalue weighted by molar-refractivity contribution is -0.104. The van der Waals surface area contributed by atoms with Crippen LogP contribution in [-0.4, -0.2) is 40.8 Å². The van der Waals surface area contributed by atoms with E-state index < -0.39 is 34.5 Å². The highest BCUT2D eigenvalue weighted by Gasteiger charge is 2.48. The molecule has 0 amide bonds. The fourth-order valence-corrected chi connectivity index (χ4v) is 2.53. The Morgan fingerprint density at radius 1 is 0.889 bits per heavy atom. The molecule has 2 atom stereocenters. The lowest BCUT2D eigenvalue weighted by Crippen LogP contribution is -2.29. The van der Waals surface area contributed by atoms with Crippen LogP contribution < -0.4 is 0 Å². The van der Waals surface area contributed by atoms with E-state index in [1.54, 1.807) is 0 Å². The van der Waals surface area contributed by atoms with Gasteiger partial charge in [0.15, 0.2) is 0 Å². The van der Waals surface area contributed by atoms with Gasteiger partial charge in [-0.25, -0.2) is 0 Å². The molecule has 0 heterocycles. The van der Waals surface area contributed by atoms with Crippen molar-refractivity contribution >= 4 is 23.4 Å². The van der Waals surface area contributed by atoms with Crippen LogP contribution in [0.2, 0.25) is 0 Å². The molecule has 0 rings (SSSR count). The molecule has 0 aliphatic heterocycles. The first kappa shape index (κ1) is 18.4. The number of rotatable bonds is 6. The second-order valence-electron chi connectivity index (χ2n) is 3.41. The quantitative estimate of drug-likeness (QED) is 0.261. The van der Waals surface area contributed by atoms with E-state index in [0.717, 1.165) is 0 Å². The smallest absolute Gasteiger partial charge is 0.356 e. The first-order chi connectivity index (χ1) is 7.60. The molecule has 110 valence electrons. The van der Waals surface area contributed by atoms with Crippen molar-refractivity contribution in [3.8, 4) is 0 Å². The van der Waals surface area contributed by atoms with E-state index in [1.165, 1.54) is 0 Å². The van der Waals surface area contributed by atoms with Gasteiger partial charge in [0, 0.05) is 13.8 Å². The normalized spacial score (nSPS) is 22.0. The zero-order valence-corrected chi connectivity index (χ0v) is 11.9. The molecule has 0 aliphatic carbocycles. The molecule has 0 spiro atoms. The summed E-state index contributed by atoms with van der Waals surface area (Å²) in [5, 5.41) is 18.2. The van der Waals surface area contributed by atoms with Crippen LogP contribution in [0.5, 0.6) is 0 Å². The van der Waals surface area contributed by atoms with Gasteiger partial charge in [-0.15, -0.1) is 0 Å². The third-order valence-electron chi connectivity index (χ3n) is 1.63. The summed E-state index contributed by atoms with van der Waals surface area (Å²) in [6.45, 7) is 0.928. The average Bonchev–Trinajstić information content (AvgIpc) is 1.95. The first-order valence-electron chi connectivity index (χ1n) is 4.08. The number of hydrogen-bond donors (Lipinski definition) is 6. The van der Waals surface area contributed by atoms with Crippen LogP contribution in [0.3, 0.4) is 0 Å². The van der Waals surface area contributed by atoms with Crippen molar-refractivity contribution in [2.45, 2.75) is 24.9 Å². The van der Waals surface area contributed by atoms with E-state index in [2.05, 4.69) is 9.05 Å². The van der Waals surface area contributed by atoms with Crippen molar-refractivity contribution in [3.63, 3.8) is 0 Å². The summed E-state index contributed by atoms with van der Waals surface area (Å²) in [5.41, 5.74) is -6.37. The zero-order valence-electron chi connectivity index (χ0n) is 9.12. The van der Waals surface area contributed by atoms with Gasteiger partial charge in [0.25, 0.3) is 11.1 Å². The van der Waals surface area contributed by atoms with E-state index in [0.29, 0.717) is 13.8 Å². The van der Waals surface area contributed by atoms with E-state index in [1.807, 2.05) is 0 Å². The topological polar surface area (TPSA) is 191 Å². The molecule has 0 fully saturated rings. The Morgan fingerprint density at radius 3 is 1.28 bits per heavy atom. The Kier molecular flexibility index (Phi) is 5.51. The molecule has 14 heteroatoms. The predicted molar refractivity (Wildman–Crippen MR) is 56.5 cm³/mol. The molecule has 0 saturated carbocycles. The van der Waals surface area contributed by atoms with E-state index in [4.69, 9.17) is 29.8 Å². The Balaban J connectivity index is 4.85. The summed E-state index contributed by atoms with van der Waals surface area (Å²) in [6.07, 6.45) is 0. The summed E-state index contributed by atoms with van der Waals surface area (Å²) in [7, 11) is -14.5. The molecule has 0 saturated heterocycles. The Bertz CT molecular complexity index is 376. The summed E-state index contributed by atoms with van der Waals surface area (Å²) >= 11 is 0. The molecule has 2 unspecified atom stereocenters. The molecule has 11 nitrogen and oxygen atoms in total. The lowest BCUT2D eigenvalue weighted by Gasteiger charge is -2.27. The summed E-state index contributed by atoms with van der Waals surface area (Å²) < 4.78 is 40.3. The van der Waals surface area contributed by atoms with E-state index in [9.17, 15) is 13.7 Å². The number of aliphatic hydroxyl groups is 2. The maximum atomic E-state index is 11.1. The maximum absolute atomic E-state index is 11.1. The highest BCUT2D eigenvalue weighted by molar-refractivity contribution is 7.54. The van der Waals surface area contributed by atoms with Gasteiger partial charge in [0.1, 0.15) is 0 Å². The molecule has 0 bridgehead atoms. The van der Waals surface area contributed by atoms with Crippen molar-refractivity contribution < 1.29 is 52.5 Å². The minimum absolute atomic E-state index is 0.464. The fourth-order valence-electron chi connectivity index (χ4n) is 0.455. The lowest BCUT2D eigenvalue weighted by atomic mass is 10.8. The van der Waals surface area contributed by atoms with Gasteiger partial charge >= 0.3 is 23.4 Å². The molecule has 18 heavy (non-hydrogen) atoms. The van der Waals surface area contributed by atoms with Crippen LogP contribution in [0, 0.1) is 0 Å². The van der Waals surface area contributed by atoms with Crippen molar-refractivity contribution in [1.29, 1.82) is 0 Å². The summed E-state index contributed by atoms with van der Waals surface area (Å²) in [6, 6.07) is 0. The highest BCUT2D eigenvalue weighted by atomic mass is 31.2. The monoisotopic (exact) mass is 330 g/mol. The van der Waals surface area contributed by atoms with Crippen LogP contribution in [0.1, 0.15) is 13.8 Å². The predicted octanol–water partition coefficient (Wildman–Crippen LogP) is -0.903. The van der Waals surface area contributed by atoms with Crippen LogP contribution in [0.25, 0.3) is 0 Å².